The van der Waals surface area contributed by atoms with Crippen LogP contribution in [0.2, 0.25) is 0 Å². The Morgan fingerprint density at radius 1 is 1.39 bits per heavy atom. The summed E-state index contributed by atoms with van der Waals surface area (Å²) >= 11 is 0. The van der Waals surface area contributed by atoms with Crippen molar-refractivity contribution in [3.05, 3.63) is 35.9 Å². The predicted octanol–water partition coefficient (Wildman–Crippen LogP) is 1.89. The van der Waals surface area contributed by atoms with E-state index < -0.39 is 0 Å². The third-order valence-corrected chi connectivity index (χ3v) is 3.81. The second-order valence-corrected chi connectivity index (χ2v) is 5.08. The van der Waals surface area contributed by atoms with Gasteiger partial charge >= 0.3 is 0 Å². The van der Waals surface area contributed by atoms with Gasteiger partial charge in [0, 0.05) is 25.7 Å². The number of rotatable bonds is 6. The Kier molecular flexibility index (Phi) is 5.17. The highest BCUT2D eigenvalue weighted by atomic mass is 16.5. The molecule has 3 atom stereocenters. The summed E-state index contributed by atoms with van der Waals surface area (Å²) in [5, 5.41) is 3.56. The van der Waals surface area contributed by atoms with Crippen molar-refractivity contribution < 1.29 is 4.74 Å². The van der Waals surface area contributed by atoms with Gasteiger partial charge in [0.1, 0.15) is 0 Å². The fourth-order valence-electron chi connectivity index (χ4n) is 2.54. The minimum absolute atomic E-state index is 0.316. The zero-order chi connectivity index (χ0) is 12.8. The third kappa shape index (κ3) is 3.55. The first kappa shape index (κ1) is 13.5. The molecule has 0 radical (unpaired) electrons. The molecule has 0 amide bonds. The van der Waals surface area contributed by atoms with Crippen LogP contribution in [0.15, 0.2) is 30.3 Å². The number of hydrogen-bond donors (Lipinski definition) is 2. The second kappa shape index (κ2) is 6.88. The van der Waals surface area contributed by atoms with Crippen molar-refractivity contribution in [3.8, 4) is 0 Å². The number of benzene rings is 1. The quantitative estimate of drug-likeness (QED) is 0.808. The molecule has 1 aromatic carbocycles. The fraction of sp³-hybridized carbons (Fsp3) is 0.600. The molecule has 0 bridgehead atoms. The van der Waals surface area contributed by atoms with Crippen LogP contribution in [0.3, 0.4) is 0 Å². The summed E-state index contributed by atoms with van der Waals surface area (Å²) < 4.78 is 5.63. The first-order valence-corrected chi connectivity index (χ1v) is 6.91. The summed E-state index contributed by atoms with van der Waals surface area (Å²) in [5.41, 5.74) is 7.23. The van der Waals surface area contributed by atoms with E-state index in [2.05, 4.69) is 36.5 Å². The number of nitrogens with one attached hydrogen (secondary N) is 1. The van der Waals surface area contributed by atoms with E-state index in [1.54, 1.807) is 0 Å². The summed E-state index contributed by atoms with van der Waals surface area (Å²) in [6, 6.07) is 10.9. The third-order valence-electron chi connectivity index (χ3n) is 3.81. The first-order chi connectivity index (χ1) is 8.81. The predicted molar refractivity (Wildman–Crippen MR) is 74.7 cm³/mol. The van der Waals surface area contributed by atoms with Crippen LogP contribution in [0.5, 0.6) is 0 Å². The molecule has 1 aliphatic heterocycles. The average molecular weight is 248 g/mol. The molecule has 1 saturated heterocycles. The Morgan fingerprint density at radius 3 is 2.78 bits per heavy atom. The molecule has 1 fully saturated rings. The molecule has 0 aromatic heterocycles. The maximum atomic E-state index is 5.89. The highest BCUT2D eigenvalue weighted by Gasteiger charge is 2.20. The van der Waals surface area contributed by atoms with Crippen LogP contribution in [0.1, 0.15) is 31.2 Å². The lowest BCUT2D eigenvalue weighted by molar-refractivity contribution is 0.107. The zero-order valence-electron chi connectivity index (χ0n) is 11.1. The standard InChI is InChI=1S/C15H24N2O/c1-12(13-6-3-2-4-7-13)15(10-16)17-11-14-8-5-9-18-14/h2-4,6-7,12,14-15,17H,5,8-11,16H2,1H3. The lowest BCUT2D eigenvalue weighted by Gasteiger charge is -2.25. The van der Waals surface area contributed by atoms with Gasteiger partial charge in [-0.3, -0.25) is 0 Å². The van der Waals surface area contributed by atoms with Gasteiger partial charge in [0.25, 0.3) is 0 Å². The van der Waals surface area contributed by atoms with E-state index in [9.17, 15) is 0 Å². The van der Waals surface area contributed by atoms with E-state index in [0.717, 1.165) is 13.2 Å². The number of hydrogen-bond acceptors (Lipinski definition) is 3. The molecule has 2 rings (SSSR count). The summed E-state index contributed by atoms with van der Waals surface area (Å²) in [5.74, 6) is 0.428. The molecule has 3 heteroatoms. The highest BCUT2D eigenvalue weighted by molar-refractivity contribution is 5.20. The van der Waals surface area contributed by atoms with E-state index in [4.69, 9.17) is 10.5 Å². The van der Waals surface area contributed by atoms with Crippen LogP contribution in [-0.2, 0) is 4.74 Å². The van der Waals surface area contributed by atoms with Crippen LogP contribution < -0.4 is 11.1 Å². The number of ether oxygens (including phenoxy) is 1. The molecular formula is C15H24N2O. The van der Waals surface area contributed by atoms with E-state index in [1.807, 2.05) is 6.07 Å². The topological polar surface area (TPSA) is 47.3 Å². The van der Waals surface area contributed by atoms with Crippen LogP contribution in [0.25, 0.3) is 0 Å². The van der Waals surface area contributed by atoms with Gasteiger partial charge in [0.05, 0.1) is 6.10 Å². The molecule has 18 heavy (non-hydrogen) atoms. The van der Waals surface area contributed by atoms with Gasteiger partial charge in [0.2, 0.25) is 0 Å². The lowest BCUT2D eigenvalue weighted by atomic mass is 9.93. The summed E-state index contributed by atoms with van der Waals surface area (Å²) in [4.78, 5) is 0. The molecular weight excluding hydrogens is 224 g/mol. The first-order valence-electron chi connectivity index (χ1n) is 6.91. The molecule has 1 heterocycles. The van der Waals surface area contributed by atoms with Crippen molar-refractivity contribution >= 4 is 0 Å². The second-order valence-electron chi connectivity index (χ2n) is 5.08. The van der Waals surface area contributed by atoms with Gasteiger partial charge < -0.3 is 15.8 Å². The van der Waals surface area contributed by atoms with E-state index in [1.165, 1.54) is 18.4 Å². The Labute approximate surface area is 110 Å². The van der Waals surface area contributed by atoms with Crippen molar-refractivity contribution in [1.29, 1.82) is 0 Å². The van der Waals surface area contributed by atoms with Crippen molar-refractivity contribution in [1.82, 2.24) is 5.32 Å². The van der Waals surface area contributed by atoms with Crippen LogP contribution >= 0.6 is 0 Å². The molecule has 3 unspecified atom stereocenters. The average Bonchev–Trinajstić information content (AvgIpc) is 2.93. The van der Waals surface area contributed by atoms with Crippen LogP contribution in [-0.4, -0.2) is 31.8 Å². The minimum atomic E-state index is 0.316. The van der Waals surface area contributed by atoms with Crippen molar-refractivity contribution in [3.63, 3.8) is 0 Å². The maximum Gasteiger partial charge on any atom is 0.0700 e. The fourth-order valence-corrected chi connectivity index (χ4v) is 2.54. The van der Waals surface area contributed by atoms with Crippen molar-refractivity contribution in [2.24, 2.45) is 5.73 Å². The summed E-state index contributed by atoms with van der Waals surface area (Å²) in [6.07, 6.45) is 2.74. The molecule has 0 saturated carbocycles. The molecule has 3 N–H and O–H groups in total. The van der Waals surface area contributed by atoms with Gasteiger partial charge in [-0.1, -0.05) is 37.3 Å². The van der Waals surface area contributed by atoms with Crippen molar-refractivity contribution in [2.75, 3.05) is 19.7 Å². The van der Waals surface area contributed by atoms with E-state index in [0.29, 0.717) is 24.6 Å². The SMILES string of the molecule is CC(c1ccccc1)C(CN)NCC1CCCO1. The van der Waals surface area contributed by atoms with E-state index in [-0.39, 0.29) is 0 Å². The van der Waals surface area contributed by atoms with Crippen LogP contribution in [0.4, 0.5) is 0 Å². The van der Waals surface area contributed by atoms with Gasteiger partial charge in [-0.15, -0.1) is 0 Å². The number of nitrogens with two attached hydrogens (primary N) is 1. The molecule has 100 valence electrons. The lowest BCUT2D eigenvalue weighted by Crippen LogP contribution is -2.43. The van der Waals surface area contributed by atoms with E-state index >= 15 is 0 Å². The summed E-state index contributed by atoms with van der Waals surface area (Å²) in [6.45, 7) is 4.71. The monoisotopic (exact) mass is 248 g/mol. The Hall–Kier alpha value is -0.900. The van der Waals surface area contributed by atoms with Crippen molar-refractivity contribution in [2.45, 2.75) is 37.8 Å². The van der Waals surface area contributed by atoms with Crippen LogP contribution in [0, 0.1) is 0 Å². The van der Waals surface area contributed by atoms with Gasteiger partial charge in [-0.05, 0) is 24.3 Å². The van der Waals surface area contributed by atoms with Gasteiger partial charge in [0.15, 0.2) is 0 Å². The maximum absolute atomic E-state index is 5.89. The minimum Gasteiger partial charge on any atom is -0.377 e. The zero-order valence-corrected chi connectivity index (χ0v) is 11.1. The molecule has 1 aliphatic rings. The molecule has 3 nitrogen and oxygen atoms in total. The largest absolute Gasteiger partial charge is 0.377 e. The highest BCUT2D eigenvalue weighted by Crippen LogP contribution is 2.19. The van der Waals surface area contributed by atoms with Gasteiger partial charge in [-0.25, -0.2) is 0 Å². The molecule has 0 aliphatic carbocycles. The Balaban J connectivity index is 1.87. The molecule has 1 aromatic rings. The molecule has 0 spiro atoms. The Bertz CT molecular complexity index is 336. The normalized spacial score (nSPS) is 22.9. The van der Waals surface area contributed by atoms with Gasteiger partial charge in [-0.2, -0.15) is 0 Å². The smallest absolute Gasteiger partial charge is 0.0700 e. The Morgan fingerprint density at radius 2 is 2.17 bits per heavy atom. The summed E-state index contributed by atoms with van der Waals surface area (Å²) in [7, 11) is 0.